The molecule has 0 saturated carbocycles. The SMILES string of the molecule is CCOC(=O)c1cn(CC(=O)N[C@H](C)CCc2ccccc2)c2nc(C)ccc2c1=O. The molecule has 7 nitrogen and oxygen atoms in total. The average Bonchev–Trinajstić information content (AvgIpc) is 2.75. The number of hydrogen-bond acceptors (Lipinski definition) is 5. The van der Waals surface area contributed by atoms with Crippen molar-refractivity contribution >= 4 is 22.9 Å². The van der Waals surface area contributed by atoms with Crippen molar-refractivity contribution in [2.45, 2.75) is 46.2 Å². The standard InChI is InChI=1S/C24H27N3O4/c1-4-31-24(30)20-14-27(23-19(22(20)29)13-11-17(3)26-23)15-21(28)25-16(2)10-12-18-8-6-5-7-9-18/h5-9,11,13-14,16H,4,10,12,15H2,1-3H3,(H,25,28)/t16-/m1/s1. The first-order valence-corrected chi connectivity index (χ1v) is 10.4. The number of amides is 1. The Balaban J connectivity index is 1.79. The molecular weight excluding hydrogens is 394 g/mol. The first-order chi connectivity index (χ1) is 14.9. The van der Waals surface area contributed by atoms with Crippen LogP contribution >= 0.6 is 0 Å². The van der Waals surface area contributed by atoms with Crippen LogP contribution in [0.15, 0.2) is 53.5 Å². The number of carbonyl (C=O) groups excluding carboxylic acids is 2. The highest BCUT2D eigenvalue weighted by atomic mass is 16.5. The van der Waals surface area contributed by atoms with Crippen molar-refractivity contribution < 1.29 is 14.3 Å². The van der Waals surface area contributed by atoms with Gasteiger partial charge in [0.25, 0.3) is 0 Å². The largest absolute Gasteiger partial charge is 0.462 e. The van der Waals surface area contributed by atoms with Crippen LogP contribution in [0.3, 0.4) is 0 Å². The van der Waals surface area contributed by atoms with Crippen LogP contribution in [0.2, 0.25) is 0 Å². The summed E-state index contributed by atoms with van der Waals surface area (Å²) in [4.78, 5) is 42.1. The van der Waals surface area contributed by atoms with Crippen LogP contribution in [-0.2, 0) is 22.5 Å². The first-order valence-electron chi connectivity index (χ1n) is 10.4. The van der Waals surface area contributed by atoms with E-state index in [2.05, 4.69) is 22.4 Å². The second-order valence-electron chi connectivity index (χ2n) is 7.54. The maximum atomic E-state index is 12.7. The molecule has 0 aliphatic heterocycles. The second kappa shape index (κ2) is 10.0. The van der Waals surface area contributed by atoms with Crippen molar-refractivity contribution in [3.05, 3.63) is 75.7 Å². The number of esters is 1. The van der Waals surface area contributed by atoms with E-state index in [1.54, 1.807) is 26.0 Å². The minimum absolute atomic E-state index is 0.0300. The maximum Gasteiger partial charge on any atom is 0.343 e. The number of pyridine rings is 2. The number of aromatic nitrogens is 2. The Morgan fingerprint density at radius 3 is 2.61 bits per heavy atom. The van der Waals surface area contributed by atoms with E-state index >= 15 is 0 Å². The molecule has 0 radical (unpaired) electrons. The zero-order valence-electron chi connectivity index (χ0n) is 18.1. The predicted octanol–water partition coefficient (Wildman–Crippen LogP) is 3.02. The molecule has 0 aliphatic carbocycles. The molecule has 1 aromatic carbocycles. The second-order valence-corrected chi connectivity index (χ2v) is 7.54. The Hall–Kier alpha value is -3.48. The summed E-state index contributed by atoms with van der Waals surface area (Å²) in [6.45, 7) is 5.53. The van der Waals surface area contributed by atoms with Gasteiger partial charge in [-0.05, 0) is 51.3 Å². The number of rotatable bonds is 8. The highest BCUT2D eigenvalue weighted by molar-refractivity contribution is 5.93. The lowest BCUT2D eigenvalue weighted by atomic mass is 10.1. The summed E-state index contributed by atoms with van der Waals surface area (Å²) in [5.41, 5.74) is 1.74. The molecule has 0 unspecified atom stereocenters. The van der Waals surface area contributed by atoms with Gasteiger partial charge in [0.05, 0.1) is 12.0 Å². The third-order valence-electron chi connectivity index (χ3n) is 4.99. The number of ether oxygens (including phenoxy) is 1. The van der Waals surface area contributed by atoms with Crippen LogP contribution in [-0.4, -0.2) is 34.1 Å². The fraction of sp³-hybridized carbons (Fsp3) is 0.333. The minimum atomic E-state index is -0.708. The molecule has 1 amide bonds. The van der Waals surface area contributed by atoms with Gasteiger partial charge in [0.15, 0.2) is 0 Å². The molecule has 0 aliphatic rings. The van der Waals surface area contributed by atoms with Crippen LogP contribution in [0.25, 0.3) is 11.0 Å². The topological polar surface area (TPSA) is 90.3 Å². The molecule has 162 valence electrons. The average molecular weight is 421 g/mol. The van der Waals surface area contributed by atoms with Gasteiger partial charge in [0.2, 0.25) is 11.3 Å². The number of nitrogens with one attached hydrogen (secondary N) is 1. The number of nitrogens with zero attached hydrogens (tertiary/aromatic N) is 2. The fourth-order valence-corrected chi connectivity index (χ4v) is 3.41. The molecule has 31 heavy (non-hydrogen) atoms. The summed E-state index contributed by atoms with van der Waals surface area (Å²) in [7, 11) is 0. The van der Waals surface area contributed by atoms with E-state index in [4.69, 9.17) is 4.74 Å². The molecule has 3 aromatic rings. The van der Waals surface area contributed by atoms with Crippen LogP contribution < -0.4 is 10.7 Å². The Morgan fingerprint density at radius 1 is 1.16 bits per heavy atom. The third kappa shape index (κ3) is 5.57. The molecule has 0 bridgehead atoms. The summed E-state index contributed by atoms with van der Waals surface area (Å²) < 4.78 is 6.54. The highest BCUT2D eigenvalue weighted by Gasteiger charge is 2.19. The lowest BCUT2D eigenvalue weighted by molar-refractivity contribution is -0.122. The number of benzene rings is 1. The lowest BCUT2D eigenvalue weighted by Crippen LogP contribution is -2.36. The van der Waals surface area contributed by atoms with Crippen molar-refractivity contribution in [3.8, 4) is 0 Å². The van der Waals surface area contributed by atoms with Crippen LogP contribution in [0.4, 0.5) is 0 Å². The summed E-state index contributed by atoms with van der Waals surface area (Å²) >= 11 is 0. The monoisotopic (exact) mass is 421 g/mol. The molecule has 2 heterocycles. The minimum Gasteiger partial charge on any atom is -0.462 e. The zero-order valence-corrected chi connectivity index (χ0v) is 18.1. The van der Waals surface area contributed by atoms with E-state index in [0.29, 0.717) is 11.3 Å². The van der Waals surface area contributed by atoms with E-state index in [9.17, 15) is 14.4 Å². The zero-order chi connectivity index (χ0) is 22.4. The fourth-order valence-electron chi connectivity index (χ4n) is 3.41. The normalized spacial score (nSPS) is 11.8. The Labute approximate surface area is 181 Å². The van der Waals surface area contributed by atoms with Gasteiger partial charge in [-0.25, -0.2) is 9.78 Å². The van der Waals surface area contributed by atoms with Gasteiger partial charge in [-0.3, -0.25) is 9.59 Å². The van der Waals surface area contributed by atoms with E-state index in [0.717, 1.165) is 12.8 Å². The smallest absolute Gasteiger partial charge is 0.343 e. The van der Waals surface area contributed by atoms with Gasteiger partial charge in [-0.15, -0.1) is 0 Å². The highest BCUT2D eigenvalue weighted by Crippen LogP contribution is 2.12. The molecule has 1 atom stereocenters. The van der Waals surface area contributed by atoms with Crippen LogP contribution in [0, 0.1) is 6.92 Å². The molecular formula is C24H27N3O4. The number of fused-ring (bicyclic) bond motifs is 1. The van der Waals surface area contributed by atoms with Crippen molar-refractivity contribution in [1.29, 1.82) is 0 Å². The molecule has 2 aromatic heterocycles. The van der Waals surface area contributed by atoms with E-state index in [1.807, 2.05) is 25.1 Å². The summed E-state index contributed by atoms with van der Waals surface area (Å²) in [5, 5.41) is 3.26. The van der Waals surface area contributed by atoms with E-state index in [1.165, 1.54) is 16.3 Å². The van der Waals surface area contributed by atoms with Crippen molar-refractivity contribution in [3.63, 3.8) is 0 Å². The van der Waals surface area contributed by atoms with E-state index < -0.39 is 11.4 Å². The van der Waals surface area contributed by atoms with Gasteiger partial charge < -0.3 is 14.6 Å². The number of carbonyl (C=O) groups is 2. The Bertz CT molecular complexity index is 1140. The Morgan fingerprint density at radius 2 is 1.90 bits per heavy atom. The Kier molecular flexibility index (Phi) is 7.18. The van der Waals surface area contributed by atoms with Crippen molar-refractivity contribution in [2.24, 2.45) is 0 Å². The maximum absolute atomic E-state index is 12.7. The first kappa shape index (κ1) is 22.2. The van der Waals surface area contributed by atoms with Crippen molar-refractivity contribution in [1.82, 2.24) is 14.9 Å². The third-order valence-corrected chi connectivity index (χ3v) is 4.99. The van der Waals surface area contributed by atoms with Crippen LogP contribution in [0.5, 0.6) is 0 Å². The van der Waals surface area contributed by atoms with Gasteiger partial charge in [-0.2, -0.15) is 0 Å². The van der Waals surface area contributed by atoms with Crippen LogP contribution in [0.1, 0.15) is 41.9 Å². The van der Waals surface area contributed by atoms with Crippen molar-refractivity contribution in [2.75, 3.05) is 6.61 Å². The van der Waals surface area contributed by atoms with Gasteiger partial charge in [-0.1, -0.05) is 30.3 Å². The molecule has 0 fully saturated rings. The van der Waals surface area contributed by atoms with E-state index in [-0.39, 0.29) is 36.1 Å². The molecule has 0 spiro atoms. The summed E-state index contributed by atoms with van der Waals surface area (Å²) in [6.07, 6.45) is 3.02. The molecule has 7 heteroatoms. The van der Waals surface area contributed by atoms with Gasteiger partial charge >= 0.3 is 5.97 Å². The van der Waals surface area contributed by atoms with Gasteiger partial charge in [0, 0.05) is 17.9 Å². The number of hydrogen-bond donors (Lipinski definition) is 1. The molecule has 0 saturated heterocycles. The number of aryl methyl sites for hydroxylation is 2. The lowest BCUT2D eigenvalue weighted by Gasteiger charge is -2.16. The summed E-state index contributed by atoms with van der Waals surface area (Å²) in [5.74, 6) is -0.927. The summed E-state index contributed by atoms with van der Waals surface area (Å²) in [6, 6.07) is 13.4. The van der Waals surface area contributed by atoms with Gasteiger partial charge in [0.1, 0.15) is 17.8 Å². The predicted molar refractivity (Wildman–Crippen MR) is 119 cm³/mol. The quantitative estimate of drug-likeness (QED) is 0.565. The molecule has 1 N–H and O–H groups in total. The molecule has 3 rings (SSSR count).